The Morgan fingerprint density at radius 2 is 1.64 bits per heavy atom. The quantitative estimate of drug-likeness (QED) is 0.733. The monoisotopic (exact) mass is 427 g/mol. The number of piperazine rings is 1. The molecule has 0 unspecified atom stereocenters. The van der Waals surface area contributed by atoms with Crippen LogP contribution in [0.4, 0.5) is 0 Å². The Labute approximate surface area is 179 Å². The molecule has 1 aliphatic heterocycles. The molecule has 0 atom stereocenters. The predicted molar refractivity (Wildman–Crippen MR) is 118 cm³/mol. The van der Waals surface area contributed by atoms with Crippen molar-refractivity contribution in [3.05, 3.63) is 34.6 Å². The Hall–Kier alpha value is -1.21. The van der Waals surface area contributed by atoms with Gasteiger partial charge < -0.3 is 4.90 Å². The normalized spacial score (nSPS) is 19.1. The molecule has 1 aromatic carbocycles. The number of benzene rings is 1. The molecule has 2 heterocycles. The van der Waals surface area contributed by atoms with Gasteiger partial charge in [0.25, 0.3) is 5.56 Å². The van der Waals surface area contributed by atoms with E-state index in [1.165, 1.54) is 49.9 Å². The van der Waals surface area contributed by atoms with Gasteiger partial charge in [0.1, 0.15) is 5.52 Å². The van der Waals surface area contributed by atoms with E-state index < -0.39 is 0 Å². The maximum absolute atomic E-state index is 12.5. The van der Waals surface area contributed by atoms with Gasteiger partial charge in [-0.15, -0.1) is 29.9 Å². The average molecular weight is 428 g/mol. The molecule has 0 bridgehead atoms. The minimum atomic E-state index is -0.0299. The van der Waals surface area contributed by atoms with Crippen LogP contribution in [0.15, 0.2) is 29.1 Å². The van der Waals surface area contributed by atoms with Crippen molar-refractivity contribution < 1.29 is 0 Å². The van der Waals surface area contributed by atoms with Gasteiger partial charge in [0, 0.05) is 45.3 Å². The number of rotatable bonds is 5. The first-order valence-electron chi connectivity index (χ1n) is 10.1. The van der Waals surface area contributed by atoms with Crippen LogP contribution in [0, 0.1) is 0 Å². The number of hydrogen-bond donors (Lipinski definition) is 0. The molecule has 6 nitrogen and oxygen atoms in total. The van der Waals surface area contributed by atoms with E-state index in [4.69, 9.17) is 0 Å². The highest BCUT2D eigenvalue weighted by molar-refractivity contribution is 5.85. The van der Waals surface area contributed by atoms with Gasteiger partial charge >= 0.3 is 0 Å². The fourth-order valence-corrected chi connectivity index (χ4v) is 4.41. The summed E-state index contributed by atoms with van der Waals surface area (Å²) in [4.78, 5) is 17.7. The Morgan fingerprint density at radius 1 is 0.929 bits per heavy atom. The second kappa shape index (κ2) is 11.1. The fourth-order valence-electron chi connectivity index (χ4n) is 4.41. The largest absolute Gasteiger partial charge is 0.301 e. The molecule has 1 aromatic heterocycles. The molecule has 0 radical (unpaired) electrons. The molecule has 2 aliphatic rings. The molecule has 2 aromatic rings. The van der Waals surface area contributed by atoms with Gasteiger partial charge in [0.2, 0.25) is 0 Å². The van der Waals surface area contributed by atoms with Crippen LogP contribution in [-0.4, -0.2) is 63.6 Å². The molecule has 1 saturated carbocycles. The molecule has 1 saturated heterocycles. The standard InChI is InChI=1S/C20H29N5O.2ClH/c26-20-18-9-4-5-10-19(18)21-22-25(20)12-6-11-23-13-15-24(16-14-23)17-7-2-1-3-8-17;;/h4-5,9-10,17H,1-3,6-8,11-16H2;2*1H. The highest BCUT2D eigenvalue weighted by atomic mass is 35.5. The zero-order valence-corrected chi connectivity index (χ0v) is 18.0. The maximum atomic E-state index is 12.5. The van der Waals surface area contributed by atoms with Crippen LogP contribution in [0.3, 0.4) is 0 Å². The summed E-state index contributed by atoms with van der Waals surface area (Å²) < 4.78 is 1.51. The van der Waals surface area contributed by atoms with E-state index in [1.807, 2.05) is 24.3 Å². The highest BCUT2D eigenvalue weighted by Gasteiger charge is 2.24. The molecule has 28 heavy (non-hydrogen) atoms. The number of aromatic nitrogens is 3. The minimum absolute atomic E-state index is 0. The zero-order chi connectivity index (χ0) is 17.8. The number of nitrogens with zero attached hydrogens (tertiary/aromatic N) is 5. The Balaban J connectivity index is 0.00000140. The Kier molecular flexibility index (Phi) is 9.15. The van der Waals surface area contributed by atoms with Crippen LogP contribution in [0.25, 0.3) is 10.9 Å². The molecule has 156 valence electrons. The second-order valence-electron chi connectivity index (χ2n) is 7.66. The SMILES string of the molecule is Cl.Cl.O=c1c2ccccc2nnn1CCCN1CCN(C2CCCCC2)CC1. The number of hydrogen-bond acceptors (Lipinski definition) is 5. The van der Waals surface area contributed by atoms with Gasteiger partial charge in [-0.3, -0.25) is 9.69 Å². The van der Waals surface area contributed by atoms with E-state index in [0.29, 0.717) is 17.4 Å². The van der Waals surface area contributed by atoms with Crippen molar-refractivity contribution in [2.24, 2.45) is 0 Å². The van der Waals surface area contributed by atoms with Crippen LogP contribution in [0.1, 0.15) is 38.5 Å². The molecule has 1 aliphatic carbocycles. The third-order valence-corrected chi connectivity index (χ3v) is 5.97. The van der Waals surface area contributed by atoms with Gasteiger partial charge in [-0.1, -0.05) is 36.6 Å². The van der Waals surface area contributed by atoms with Crippen molar-refractivity contribution in [2.75, 3.05) is 32.7 Å². The van der Waals surface area contributed by atoms with Crippen molar-refractivity contribution in [3.63, 3.8) is 0 Å². The second-order valence-corrected chi connectivity index (χ2v) is 7.66. The third kappa shape index (κ3) is 5.44. The number of aryl methyl sites for hydroxylation is 1. The summed E-state index contributed by atoms with van der Waals surface area (Å²) in [5, 5.41) is 8.91. The minimum Gasteiger partial charge on any atom is -0.301 e. The van der Waals surface area contributed by atoms with Crippen molar-refractivity contribution in [1.29, 1.82) is 0 Å². The van der Waals surface area contributed by atoms with Crippen molar-refractivity contribution >= 4 is 35.7 Å². The van der Waals surface area contributed by atoms with Crippen molar-refractivity contribution in [2.45, 2.75) is 51.1 Å². The summed E-state index contributed by atoms with van der Waals surface area (Å²) in [6, 6.07) is 8.25. The van der Waals surface area contributed by atoms with Gasteiger partial charge in [0.15, 0.2) is 0 Å². The molecular weight excluding hydrogens is 397 g/mol. The third-order valence-electron chi connectivity index (χ3n) is 5.97. The summed E-state index contributed by atoms with van der Waals surface area (Å²) in [6.45, 7) is 6.35. The lowest BCUT2D eigenvalue weighted by Gasteiger charge is -2.40. The van der Waals surface area contributed by atoms with Crippen LogP contribution in [0.5, 0.6) is 0 Å². The van der Waals surface area contributed by atoms with Gasteiger partial charge in [0.05, 0.1) is 5.39 Å². The number of halogens is 2. The summed E-state index contributed by atoms with van der Waals surface area (Å²) in [7, 11) is 0. The first-order chi connectivity index (χ1) is 12.8. The summed E-state index contributed by atoms with van der Waals surface area (Å²) >= 11 is 0. The first-order valence-corrected chi connectivity index (χ1v) is 10.1. The van der Waals surface area contributed by atoms with Crippen LogP contribution in [-0.2, 0) is 6.54 Å². The first kappa shape index (κ1) is 23.1. The molecule has 0 N–H and O–H groups in total. The topological polar surface area (TPSA) is 54.3 Å². The lowest BCUT2D eigenvalue weighted by Crippen LogP contribution is -2.51. The zero-order valence-electron chi connectivity index (χ0n) is 16.3. The molecule has 4 rings (SSSR count). The fraction of sp³-hybridized carbons (Fsp3) is 0.650. The van der Waals surface area contributed by atoms with E-state index in [1.54, 1.807) is 0 Å². The highest BCUT2D eigenvalue weighted by Crippen LogP contribution is 2.23. The van der Waals surface area contributed by atoms with E-state index in [-0.39, 0.29) is 30.4 Å². The van der Waals surface area contributed by atoms with Crippen LogP contribution >= 0.6 is 24.8 Å². The lowest BCUT2D eigenvalue weighted by atomic mass is 9.94. The van der Waals surface area contributed by atoms with Crippen molar-refractivity contribution in [3.8, 4) is 0 Å². The molecule has 0 amide bonds. The molecule has 2 fully saturated rings. The van der Waals surface area contributed by atoms with Gasteiger partial charge in [-0.25, -0.2) is 4.68 Å². The van der Waals surface area contributed by atoms with E-state index in [0.717, 1.165) is 32.1 Å². The van der Waals surface area contributed by atoms with Gasteiger partial charge in [-0.2, -0.15) is 0 Å². The summed E-state index contributed by atoms with van der Waals surface area (Å²) in [5.74, 6) is 0. The molecule has 8 heteroatoms. The molecule has 0 spiro atoms. The number of fused-ring (bicyclic) bond motifs is 1. The summed E-state index contributed by atoms with van der Waals surface area (Å²) in [6.07, 6.45) is 7.97. The van der Waals surface area contributed by atoms with Gasteiger partial charge in [-0.05, 0) is 31.4 Å². The average Bonchev–Trinajstić information content (AvgIpc) is 2.71. The van der Waals surface area contributed by atoms with Crippen LogP contribution in [0.2, 0.25) is 0 Å². The smallest absolute Gasteiger partial charge is 0.277 e. The predicted octanol–water partition coefficient (Wildman–Crippen LogP) is 2.98. The van der Waals surface area contributed by atoms with Crippen LogP contribution < -0.4 is 5.56 Å². The Morgan fingerprint density at radius 3 is 2.39 bits per heavy atom. The maximum Gasteiger partial charge on any atom is 0.277 e. The summed E-state index contributed by atoms with van der Waals surface area (Å²) in [5.41, 5.74) is 0.644. The van der Waals surface area contributed by atoms with E-state index >= 15 is 0 Å². The van der Waals surface area contributed by atoms with E-state index in [2.05, 4.69) is 20.1 Å². The Bertz CT molecular complexity index is 786. The van der Waals surface area contributed by atoms with E-state index in [9.17, 15) is 4.79 Å². The lowest BCUT2D eigenvalue weighted by molar-refractivity contribution is 0.0777. The van der Waals surface area contributed by atoms with Crippen molar-refractivity contribution in [1.82, 2.24) is 24.8 Å². The molecular formula is C20H31Cl2N5O.